The molecule has 1 N–H and O–H groups in total. The van der Waals surface area contributed by atoms with Crippen molar-refractivity contribution in [1.29, 1.82) is 0 Å². The molecule has 1 aliphatic heterocycles. The highest BCUT2D eigenvalue weighted by atomic mass is 19.4. The number of halogens is 3. The van der Waals surface area contributed by atoms with Crippen molar-refractivity contribution in [1.82, 2.24) is 4.90 Å². The molecule has 1 aromatic rings. The van der Waals surface area contributed by atoms with Gasteiger partial charge in [-0.3, -0.25) is 9.69 Å². The third-order valence-electron chi connectivity index (χ3n) is 3.94. The van der Waals surface area contributed by atoms with E-state index in [1.54, 1.807) is 24.3 Å². The van der Waals surface area contributed by atoms with Gasteiger partial charge >= 0.3 is 6.18 Å². The Hall–Kier alpha value is -1.80. The van der Waals surface area contributed by atoms with Crippen LogP contribution in [0.5, 0.6) is 5.75 Å². The summed E-state index contributed by atoms with van der Waals surface area (Å²) in [6.45, 7) is -0.324. The van der Waals surface area contributed by atoms with Gasteiger partial charge in [0.1, 0.15) is 5.75 Å². The lowest BCUT2D eigenvalue weighted by molar-refractivity contribution is -0.263. The van der Waals surface area contributed by atoms with Crippen molar-refractivity contribution in [2.45, 2.75) is 18.2 Å². The summed E-state index contributed by atoms with van der Waals surface area (Å²) in [5.41, 5.74) is -1.66. The molecule has 0 spiro atoms. The molecule has 8 heteroatoms. The molecule has 1 aromatic carbocycles. The van der Waals surface area contributed by atoms with E-state index in [0.29, 0.717) is 11.4 Å². The highest BCUT2D eigenvalue weighted by Gasteiger charge is 2.58. The summed E-state index contributed by atoms with van der Waals surface area (Å²) in [6, 6.07) is 6.76. The smallest absolute Gasteiger partial charge is 0.418 e. The average molecular weight is 332 g/mol. The SMILES string of the molecule is COc1cccc(NC(=O)CN2CCC(OC)(C(F)(F)F)C2)c1. The van der Waals surface area contributed by atoms with E-state index >= 15 is 0 Å². The first kappa shape index (κ1) is 17.6. The first-order valence-electron chi connectivity index (χ1n) is 7.08. The molecular formula is C15H19F3N2O3. The van der Waals surface area contributed by atoms with Crippen molar-refractivity contribution in [3.05, 3.63) is 24.3 Å². The minimum Gasteiger partial charge on any atom is -0.497 e. The molecule has 1 heterocycles. The number of nitrogens with zero attached hydrogens (tertiary/aromatic N) is 1. The Balaban J connectivity index is 1.94. The van der Waals surface area contributed by atoms with Gasteiger partial charge in [0.25, 0.3) is 0 Å². The molecule has 128 valence electrons. The lowest BCUT2D eigenvalue weighted by Gasteiger charge is -2.30. The Bertz CT molecular complexity index is 565. The zero-order valence-electron chi connectivity index (χ0n) is 12.9. The van der Waals surface area contributed by atoms with Gasteiger partial charge in [-0.25, -0.2) is 0 Å². The molecule has 1 saturated heterocycles. The number of methoxy groups -OCH3 is 2. The number of rotatable bonds is 5. The third-order valence-corrected chi connectivity index (χ3v) is 3.94. The van der Waals surface area contributed by atoms with Crippen LogP contribution < -0.4 is 10.1 Å². The van der Waals surface area contributed by atoms with Crippen LogP contribution in [0.2, 0.25) is 0 Å². The Labute approximate surface area is 132 Å². The van der Waals surface area contributed by atoms with Gasteiger partial charge < -0.3 is 14.8 Å². The summed E-state index contributed by atoms with van der Waals surface area (Å²) in [7, 11) is 2.56. The number of likely N-dealkylation sites (tertiary alicyclic amines) is 1. The van der Waals surface area contributed by atoms with E-state index in [0.717, 1.165) is 7.11 Å². The van der Waals surface area contributed by atoms with Crippen molar-refractivity contribution in [3.8, 4) is 5.75 Å². The molecule has 23 heavy (non-hydrogen) atoms. The first-order valence-corrected chi connectivity index (χ1v) is 7.08. The summed E-state index contributed by atoms with van der Waals surface area (Å²) in [4.78, 5) is 13.4. The lowest BCUT2D eigenvalue weighted by atomic mass is 10.0. The largest absolute Gasteiger partial charge is 0.497 e. The quantitative estimate of drug-likeness (QED) is 0.899. The van der Waals surface area contributed by atoms with E-state index in [-0.39, 0.29) is 32.0 Å². The fourth-order valence-corrected chi connectivity index (χ4v) is 2.61. The maximum atomic E-state index is 13.1. The van der Waals surface area contributed by atoms with Gasteiger partial charge in [-0.05, 0) is 18.6 Å². The highest BCUT2D eigenvalue weighted by molar-refractivity contribution is 5.92. The summed E-state index contributed by atoms with van der Waals surface area (Å²) in [5, 5.41) is 2.64. The van der Waals surface area contributed by atoms with Crippen molar-refractivity contribution in [2.75, 3.05) is 39.2 Å². The number of ether oxygens (including phenoxy) is 2. The average Bonchev–Trinajstić information content (AvgIpc) is 2.91. The second-order valence-electron chi connectivity index (χ2n) is 5.44. The molecule has 0 aliphatic carbocycles. The number of hydrogen-bond donors (Lipinski definition) is 1. The molecule has 1 atom stereocenters. The number of amides is 1. The molecule has 0 saturated carbocycles. The first-order chi connectivity index (χ1) is 10.8. The van der Waals surface area contributed by atoms with Crippen LogP contribution in [0, 0.1) is 0 Å². The van der Waals surface area contributed by atoms with Gasteiger partial charge in [-0.1, -0.05) is 6.07 Å². The summed E-state index contributed by atoms with van der Waals surface area (Å²) < 4.78 is 49.0. The number of carbonyl (C=O) groups excluding carboxylic acids is 1. The predicted molar refractivity (Wildman–Crippen MR) is 78.5 cm³/mol. The van der Waals surface area contributed by atoms with Crippen molar-refractivity contribution < 1.29 is 27.4 Å². The van der Waals surface area contributed by atoms with Crippen LogP contribution in [-0.4, -0.2) is 56.4 Å². The standard InChI is InChI=1S/C15H19F3N2O3/c1-22-12-5-3-4-11(8-12)19-13(21)9-20-7-6-14(10-20,23-2)15(16,17)18/h3-5,8H,6-7,9-10H2,1-2H3,(H,19,21). The van der Waals surface area contributed by atoms with Crippen molar-refractivity contribution >= 4 is 11.6 Å². The van der Waals surface area contributed by atoms with Crippen LogP contribution >= 0.6 is 0 Å². The van der Waals surface area contributed by atoms with Crippen molar-refractivity contribution in [3.63, 3.8) is 0 Å². The Morgan fingerprint density at radius 3 is 2.70 bits per heavy atom. The minimum atomic E-state index is -4.46. The van der Waals surface area contributed by atoms with E-state index in [1.165, 1.54) is 12.0 Å². The summed E-state index contributed by atoms with van der Waals surface area (Å²) >= 11 is 0. The van der Waals surface area contributed by atoms with Crippen molar-refractivity contribution in [2.24, 2.45) is 0 Å². The predicted octanol–water partition coefficient (Wildman–Crippen LogP) is 2.29. The normalized spacial score (nSPS) is 22.1. The highest BCUT2D eigenvalue weighted by Crippen LogP contribution is 2.40. The van der Waals surface area contributed by atoms with Gasteiger partial charge in [0, 0.05) is 32.0 Å². The van der Waals surface area contributed by atoms with E-state index in [4.69, 9.17) is 9.47 Å². The van der Waals surface area contributed by atoms with Crippen LogP contribution in [0.4, 0.5) is 18.9 Å². The molecule has 0 radical (unpaired) electrons. The summed E-state index contributed by atoms with van der Waals surface area (Å²) in [5.74, 6) is 0.201. The Morgan fingerprint density at radius 1 is 1.39 bits per heavy atom. The number of carbonyl (C=O) groups is 1. The molecule has 1 fully saturated rings. The molecule has 0 bridgehead atoms. The zero-order valence-corrected chi connectivity index (χ0v) is 12.9. The molecule has 1 aliphatic rings. The van der Waals surface area contributed by atoms with Gasteiger partial charge in [-0.15, -0.1) is 0 Å². The monoisotopic (exact) mass is 332 g/mol. The van der Waals surface area contributed by atoms with E-state index < -0.39 is 11.8 Å². The van der Waals surface area contributed by atoms with Gasteiger partial charge in [0.2, 0.25) is 5.91 Å². The van der Waals surface area contributed by atoms with E-state index in [2.05, 4.69) is 5.32 Å². The fourth-order valence-electron chi connectivity index (χ4n) is 2.61. The lowest BCUT2D eigenvalue weighted by Crippen LogP contribution is -2.49. The second-order valence-corrected chi connectivity index (χ2v) is 5.44. The number of benzene rings is 1. The number of alkyl halides is 3. The van der Waals surface area contributed by atoms with E-state index in [1.807, 2.05) is 0 Å². The third kappa shape index (κ3) is 3.94. The van der Waals surface area contributed by atoms with Gasteiger partial charge in [0.15, 0.2) is 5.60 Å². The Morgan fingerprint density at radius 2 is 2.13 bits per heavy atom. The molecule has 0 aromatic heterocycles. The van der Waals surface area contributed by atoms with Crippen LogP contribution in [0.15, 0.2) is 24.3 Å². The second kappa shape index (κ2) is 6.76. The number of anilines is 1. The van der Waals surface area contributed by atoms with Crippen LogP contribution in [0.25, 0.3) is 0 Å². The van der Waals surface area contributed by atoms with Crippen LogP contribution in [0.1, 0.15) is 6.42 Å². The maximum absolute atomic E-state index is 13.1. The molecule has 1 unspecified atom stereocenters. The van der Waals surface area contributed by atoms with Crippen LogP contribution in [-0.2, 0) is 9.53 Å². The van der Waals surface area contributed by atoms with Gasteiger partial charge in [0.05, 0.1) is 13.7 Å². The molecule has 2 rings (SSSR count). The minimum absolute atomic E-state index is 0.127. The number of hydrogen-bond acceptors (Lipinski definition) is 4. The zero-order chi connectivity index (χ0) is 17.1. The van der Waals surface area contributed by atoms with Gasteiger partial charge in [-0.2, -0.15) is 13.2 Å². The molecular weight excluding hydrogens is 313 g/mol. The fraction of sp³-hybridized carbons (Fsp3) is 0.533. The van der Waals surface area contributed by atoms with Crippen LogP contribution in [0.3, 0.4) is 0 Å². The maximum Gasteiger partial charge on any atom is 0.418 e. The Kier molecular flexibility index (Phi) is 5.16. The topological polar surface area (TPSA) is 50.8 Å². The number of nitrogens with one attached hydrogen (secondary N) is 1. The molecule has 1 amide bonds. The van der Waals surface area contributed by atoms with E-state index in [9.17, 15) is 18.0 Å². The summed E-state index contributed by atoms with van der Waals surface area (Å²) in [6.07, 6.45) is -4.64. The molecule has 5 nitrogen and oxygen atoms in total.